The van der Waals surface area contributed by atoms with Gasteiger partial charge < -0.3 is 5.32 Å². The average Bonchev–Trinajstić information content (AvgIpc) is 2.83. The van der Waals surface area contributed by atoms with Crippen LogP contribution in [0.3, 0.4) is 0 Å². The molecule has 1 N–H and O–H groups in total. The molecule has 1 atom stereocenters. The molecule has 25 heavy (non-hydrogen) atoms. The third-order valence-corrected chi connectivity index (χ3v) is 4.47. The molecule has 3 rings (SSSR count). The van der Waals surface area contributed by atoms with E-state index in [2.05, 4.69) is 5.32 Å². The lowest BCUT2D eigenvalue weighted by molar-refractivity contribution is -0.121. The van der Waals surface area contributed by atoms with Crippen molar-refractivity contribution >= 4 is 35.0 Å². The van der Waals surface area contributed by atoms with Crippen molar-refractivity contribution in [2.45, 2.75) is 19.9 Å². The van der Waals surface area contributed by atoms with Crippen LogP contribution in [0.15, 0.2) is 48.5 Å². The van der Waals surface area contributed by atoms with Gasteiger partial charge in [-0.25, -0.2) is 0 Å². The molecule has 0 saturated carbocycles. The molecular formula is C19H17ClN2O3. The molecule has 2 aromatic rings. The molecule has 1 aliphatic heterocycles. The summed E-state index contributed by atoms with van der Waals surface area (Å²) in [5.74, 6) is -1.61. The summed E-state index contributed by atoms with van der Waals surface area (Å²) in [7, 11) is 0. The highest BCUT2D eigenvalue weighted by molar-refractivity contribution is 6.33. The normalized spacial score (nSPS) is 14.6. The van der Waals surface area contributed by atoms with E-state index < -0.39 is 23.8 Å². The Morgan fingerprint density at radius 1 is 0.960 bits per heavy atom. The summed E-state index contributed by atoms with van der Waals surface area (Å²) in [4.78, 5) is 39.2. The third-order valence-electron chi connectivity index (χ3n) is 4.14. The van der Waals surface area contributed by atoms with E-state index in [1.807, 2.05) is 0 Å². The van der Waals surface area contributed by atoms with Crippen LogP contribution in [-0.4, -0.2) is 28.7 Å². The fraction of sp³-hybridized carbons (Fsp3) is 0.211. The second-order valence-electron chi connectivity index (χ2n) is 6.18. The highest BCUT2D eigenvalue weighted by Gasteiger charge is 2.43. The van der Waals surface area contributed by atoms with Gasteiger partial charge in [-0.1, -0.05) is 49.7 Å². The summed E-state index contributed by atoms with van der Waals surface area (Å²) in [6.45, 7) is 3.58. The molecule has 0 radical (unpaired) electrons. The zero-order valence-corrected chi connectivity index (χ0v) is 14.6. The Morgan fingerprint density at radius 3 is 2.00 bits per heavy atom. The van der Waals surface area contributed by atoms with Crippen molar-refractivity contribution in [1.82, 2.24) is 4.90 Å². The van der Waals surface area contributed by atoms with E-state index in [4.69, 9.17) is 11.6 Å². The Kier molecular flexibility index (Phi) is 4.59. The summed E-state index contributed by atoms with van der Waals surface area (Å²) < 4.78 is 0. The number of amides is 3. The van der Waals surface area contributed by atoms with Crippen molar-refractivity contribution in [1.29, 1.82) is 0 Å². The summed E-state index contributed by atoms with van der Waals surface area (Å²) in [5, 5.41) is 3.11. The molecule has 0 aliphatic carbocycles. The minimum absolute atomic E-state index is 0.260. The fourth-order valence-electron chi connectivity index (χ4n) is 2.95. The van der Waals surface area contributed by atoms with Gasteiger partial charge in [0.1, 0.15) is 6.04 Å². The molecule has 0 spiro atoms. The first-order valence-corrected chi connectivity index (χ1v) is 8.32. The van der Waals surface area contributed by atoms with Gasteiger partial charge >= 0.3 is 0 Å². The number of benzene rings is 2. The highest BCUT2D eigenvalue weighted by atomic mass is 35.5. The summed E-state index contributed by atoms with van der Waals surface area (Å²) in [5.41, 5.74) is 1.09. The lowest BCUT2D eigenvalue weighted by atomic mass is 10.0. The number of anilines is 1. The lowest BCUT2D eigenvalue weighted by Crippen LogP contribution is -2.50. The number of carbonyl (C=O) groups excluding carboxylic acids is 3. The molecule has 0 aromatic heterocycles. The second kappa shape index (κ2) is 6.69. The minimum Gasteiger partial charge on any atom is -0.323 e. The minimum atomic E-state index is -0.927. The molecule has 1 aliphatic rings. The molecule has 0 bridgehead atoms. The Labute approximate surface area is 150 Å². The molecule has 1 heterocycles. The van der Waals surface area contributed by atoms with Crippen LogP contribution in [0.4, 0.5) is 5.69 Å². The van der Waals surface area contributed by atoms with Crippen LogP contribution >= 0.6 is 11.6 Å². The quantitative estimate of drug-likeness (QED) is 0.851. The van der Waals surface area contributed by atoms with E-state index in [-0.39, 0.29) is 5.92 Å². The number of para-hydroxylation sites is 1. The number of hydrogen-bond donors (Lipinski definition) is 1. The molecule has 5 nitrogen and oxygen atoms in total. The molecule has 3 amide bonds. The number of nitrogens with one attached hydrogen (secondary N) is 1. The maximum absolute atomic E-state index is 12.8. The molecule has 1 unspecified atom stereocenters. The molecule has 6 heteroatoms. The van der Waals surface area contributed by atoms with E-state index in [1.54, 1.807) is 62.4 Å². The van der Waals surface area contributed by atoms with E-state index in [0.29, 0.717) is 21.8 Å². The largest absolute Gasteiger partial charge is 0.323 e. The van der Waals surface area contributed by atoms with Gasteiger partial charge in [0.15, 0.2) is 0 Å². The first kappa shape index (κ1) is 17.2. The zero-order chi connectivity index (χ0) is 18.1. The zero-order valence-electron chi connectivity index (χ0n) is 13.8. The number of imide groups is 1. The molecule has 2 aromatic carbocycles. The van der Waals surface area contributed by atoms with Crippen LogP contribution in [0.2, 0.25) is 5.02 Å². The van der Waals surface area contributed by atoms with E-state index in [1.165, 1.54) is 0 Å². The summed E-state index contributed by atoms with van der Waals surface area (Å²) in [6, 6.07) is 12.5. The third kappa shape index (κ3) is 3.03. The van der Waals surface area contributed by atoms with Crippen LogP contribution in [0.5, 0.6) is 0 Å². The van der Waals surface area contributed by atoms with Gasteiger partial charge in [0.2, 0.25) is 5.91 Å². The average molecular weight is 357 g/mol. The summed E-state index contributed by atoms with van der Waals surface area (Å²) in [6.07, 6.45) is 0. The standard InChI is InChI=1S/C19H17ClN2O3/c1-11(2)16(17(23)21-15-10-6-5-9-14(15)20)22-18(24)12-7-3-4-8-13(12)19(22)25/h3-11,16H,1-2H3,(H,21,23). The number of hydrogen-bond acceptors (Lipinski definition) is 3. The molecule has 0 fully saturated rings. The number of rotatable bonds is 4. The van der Waals surface area contributed by atoms with Gasteiger partial charge in [-0.05, 0) is 30.2 Å². The van der Waals surface area contributed by atoms with Crippen LogP contribution < -0.4 is 5.32 Å². The maximum Gasteiger partial charge on any atom is 0.262 e. The first-order valence-electron chi connectivity index (χ1n) is 7.94. The van der Waals surface area contributed by atoms with Crippen LogP contribution in [0, 0.1) is 5.92 Å². The number of fused-ring (bicyclic) bond motifs is 1. The van der Waals surface area contributed by atoms with E-state index in [0.717, 1.165) is 4.90 Å². The molecule has 0 saturated heterocycles. The van der Waals surface area contributed by atoms with Crippen molar-refractivity contribution < 1.29 is 14.4 Å². The van der Waals surface area contributed by atoms with Gasteiger partial charge in [-0.15, -0.1) is 0 Å². The van der Waals surface area contributed by atoms with Gasteiger partial charge in [0.05, 0.1) is 21.8 Å². The second-order valence-corrected chi connectivity index (χ2v) is 6.59. The summed E-state index contributed by atoms with van der Waals surface area (Å²) >= 11 is 6.08. The van der Waals surface area contributed by atoms with Gasteiger partial charge in [0, 0.05) is 0 Å². The monoisotopic (exact) mass is 356 g/mol. The van der Waals surface area contributed by atoms with Crippen LogP contribution in [0.1, 0.15) is 34.6 Å². The maximum atomic E-state index is 12.8. The SMILES string of the molecule is CC(C)C(C(=O)Nc1ccccc1Cl)N1C(=O)c2ccccc2C1=O. The van der Waals surface area contributed by atoms with Gasteiger partial charge in [-0.3, -0.25) is 19.3 Å². The number of nitrogens with zero attached hydrogens (tertiary/aromatic N) is 1. The predicted octanol–water partition coefficient (Wildman–Crippen LogP) is 3.60. The van der Waals surface area contributed by atoms with E-state index >= 15 is 0 Å². The lowest BCUT2D eigenvalue weighted by Gasteiger charge is -2.28. The Hall–Kier alpha value is -2.66. The fourth-order valence-corrected chi connectivity index (χ4v) is 3.13. The topological polar surface area (TPSA) is 66.5 Å². The molecular weight excluding hydrogens is 340 g/mol. The van der Waals surface area contributed by atoms with Gasteiger partial charge in [0.25, 0.3) is 11.8 Å². The van der Waals surface area contributed by atoms with Crippen molar-refractivity contribution in [3.8, 4) is 0 Å². The van der Waals surface area contributed by atoms with Crippen molar-refractivity contribution in [2.75, 3.05) is 5.32 Å². The van der Waals surface area contributed by atoms with Crippen LogP contribution in [0.25, 0.3) is 0 Å². The smallest absolute Gasteiger partial charge is 0.262 e. The number of halogens is 1. The van der Waals surface area contributed by atoms with Crippen LogP contribution in [-0.2, 0) is 4.79 Å². The van der Waals surface area contributed by atoms with Crippen molar-refractivity contribution in [3.05, 3.63) is 64.7 Å². The van der Waals surface area contributed by atoms with Crippen molar-refractivity contribution in [2.24, 2.45) is 5.92 Å². The molecule has 128 valence electrons. The predicted molar refractivity (Wildman–Crippen MR) is 95.6 cm³/mol. The Morgan fingerprint density at radius 2 is 1.48 bits per heavy atom. The Bertz CT molecular complexity index is 828. The van der Waals surface area contributed by atoms with E-state index in [9.17, 15) is 14.4 Å². The highest BCUT2D eigenvalue weighted by Crippen LogP contribution is 2.28. The van der Waals surface area contributed by atoms with Crippen molar-refractivity contribution in [3.63, 3.8) is 0 Å². The van der Waals surface area contributed by atoms with Gasteiger partial charge in [-0.2, -0.15) is 0 Å². The number of carbonyl (C=O) groups is 3. The Balaban J connectivity index is 1.92. The first-order chi connectivity index (χ1) is 11.9.